The second-order valence-electron chi connectivity index (χ2n) is 6.81. The number of amides is 3. The minimum Gasteiger partial charge on any atom is -0.346 e. The van der Waals surface area contributed by atoms with Crippen molar-refractivity contribution in [2.24, 2.45) is 0 Å². The Morgan fingerprint density at radius 2 is 1.87 bits per heavy atom. The van der Waals surface area contributed by atoms with E-state index in [-0.39, 0.29) is 36.3 Å². The molecule has 1 aromatic carbocycles. The van der Waals surface area contributed by atoms with Gasteiger partial charge >= 0.3 is 0 Å². The van der Waals surface area contributed by atoms with Crippen molar-refractivity contribution in [3.63, 3.8) is 0 Å². The van der Waals surface area contributed by atoms with Crippen LogP contribution in [0, 0.1) is 0 Å². The first-order valence-corrected chi connectivity index (χ1v) is 10.9. The van der Waals surface area contributed by atoms with Gasteiger partial charge in [-0.15, -0.1) is 0 Å². The van der Waals surface area contributed by atoms with Gasteiger partial charge < -0.3 is 10.3 Å². The zero-order chi connectivity index (χ0) is 21.1. The van der Waals surface area contributed by atoms with Gasteiger partial charge in [0.1, 0.15) is 5.82 Å². The third-order valence-corrected chi connectivity index (χ3v) is 5.48. The molecule has 1 aliphatic rings. The third kappa shape index (κ3) is 3.90. The summed E-state index contributed by atoms with van der Waals surface area (Å²) in [6.45, 7) is -0.0308. The molecule has 1 aliphatic heterocycles. The maximum Gasteiger partial charge on any atom is 0.281 e. The molecule has 9 nitrogen and oxygen atoms in total. The van der Waals surface area contributed by atoms with Crippen LogP contribution >= 0.6 is 11.8 Å². The molecule has 154 valence electrons. The fourth-order valence-corrected chi connectivity index (χ4v) is 3.80. The number of hydrogen-bond acceptors (Lipinski definition) is 7. The van der Waals surface area contributed by atoms with E-state index in [1.807, 2.05) is 30.5 Å². The summed E-state index contributed by atoms with van der Waals surface area (Å²) in [5, 5.41) is 2.98. The minimum atomic E-state index is -0.521. The van der Waals surface area contributed by atoms with Gasteiger partial charge in [-0.25, -0.2) is 15.0 Å². The number of imide groups is 1. The zero-order valence-electron chi connectivity index (χ0n) is 16.3. The first kappa shape index (κ1) is 20.0. The lowest BCUT2D eigenvalue weighted by Crippen LogP contribution is -2.36. The van der Waals surface area contributed by atoms with Crippen LogP contribution in [0.1, 0.15) is 45.7 Å². The van der Waals surface area contributed by atoms with E-state index in [1.54, 1.807) is 11.8 Å². The minimum absolute atomic E-state index is 0.0124. The molecule has 0 radical (unpaired) electrons. The first-order chi connectivity index (χ1) is 14.6. The van der Waals surface area contributed by atoms with Crippen LogP contribution in [0.15, 0.2) is 36.7 Å². The Kier molecular flexibility index (Phi) is 5.75. The molecule has 1 unspecified atom stereocenters. The van der Waals surface area contributed by atoms with Crippen molar-refractivity contribution >= 4 is 40.5 Å². The molecule has 0 spiro atoms. The Labute approximate surface area is 176 Å². The normalized spacial score (nSPS) is 14.2. The monoisotopic (exact) mass is 424 g/mol. The molecule has 3 aromatic rings. The van der Waals surface area contributed by atoms with E-state index in [9.17, 15) is 14.4 Å². The van der Waals surface area contributed by atoms with E-state index >= 15 is 0 Å². The molecule has 0 bridgehead atoms. The number of rotatable bonds is 8. The Balaban J connectivity index is 1.42. The highest BCUT2D eigenvalue weighted by molar-refractivity contribution is 7.98. The van der Waals surface area contributed by atoms with Crippen LogP contribution in [0.5, 0.6) is 0 Å². The topological polar surface area (TPSA) is 121 Å². The van der Waals surface area contributed by atoms with Crippen LogP contribution < -0.4 is 5.32 Å². The fraction of sp³-hybridized carbons (Fsp3) is 0.300. The van der Waals surface area contributed by atoms with Gasteiger partial charge in [0.25, 0.3) is 11.8 Å². The second-order valence-corrected chi connectivity index (χ2v) is 7.79. The van der Waals surface area contributed by atoms with Crippen LogP contribution in [0.2, 0.25) is 0 Å². The molecule has 0 saturated carbocycles. The first-order valence-electron chi connectivity index (χ1n) is 9.48. The number of nitrogens with zero attached hydrogens (tertiary/aromatic N) is 4. The lowest BCUT2D eigenvalue weighted by atomic mass is 10.2. The van der Waals surface area contributed by atoms with Crippen LogP contribution in [-0.2, 0) is 4.79 Å². The number of fused-ring (bicyclic) bond motifs is 2. The van der Waals surface area contributed by atoms with Crippen LogP contribution in [0.25, 0.3) is 11.0 Å². The summed E-state index contributed by atoms with van der Waals surface area (Å²) in [4.78, 5) is 54.0. The molecular formula is C20H20N6O3S. The summed E-state index contributed by atoms with van der Waals surface area (Å²) in [6, 6.07) is 7.39. The second kappa shape index (κ2) is 8.62. The highest BCUT2D eigenvalue weighted by atomic mass is 32.2. The van der Waals surface area contributed by atoms with Gasteiger partial charge in [-0.05, 0) is 30.6 Å². The summed E-state index contributed by atoms with van der Waals surface area (Å²) in [6.07, 6.45) is 5.42. The molecule has 10 heteroatoms. The number of para-hydroxylation sites is 2. The molecular weight excluding hydrogens is 404 g/mol. The number of carbonyl (C=O) groups excluding carboxylic acids is 3. The molecule has 4 rings (SSSR count). The van der Waals surface area contributed by atoms with E-state index in [4.69, 9.17) is 0 Å². The average Bonchev–Trinajstić information content (AvgIpc) is 3.29. The lowest BCUT2D eigenvalue weighted by molar-refractivity contribution is -0.122. The Hall–Kier alpha value is -3.27. The number of carbonyl (C=O) groups is 3. The van der Waals surface area contributed by atoms with Gasteiger partial charge in [0, 0.05) is 25.4 Å². The molecule has 0 fully saturated rings. The molecule has 2 N–H and O–H groups in total. The van der Waals surface area contributed by atoms with Crippen molar-refractivity contribution in [1.82, 2.24) is 30.2 Å². The number of hydrogen-bond donors (Lipinski definition) is 2. The van der Waals surface area contributed by atoms with Gasteiger partial charge in [0.2, 0.25) is 5.91 Å². The summed E-state index contributed by atoms with van der Waals surface area (Å²) in [5.41, 5.74) is 1.80. The summed E-state index contributed by atoms with van der Waals surface area (Å²) >= 11 is 1.68. The predicted molar refractivity (Wildman–Crippen MR) is 112 cm³/mol. The number of H-pyrrole nitrogens is 1. The van der Waals surface area contributed by atoms with Crippen molar-refractivity contribution in [2.45, 2.75) is 18.9 Å². The van der Waals surface area contributed by atoms with Gasteiger partial charge in [0.15, 0.2) is 11.4 Å². The number of thioether (sulfide) groups is 1. The van der Waals surface area contributed by atoms with Crippen molar-refractivity contribution < 1.29 is 14.4 Å². The SMILES string of the molecule is CSCCC(NC(=O)CCN1C(=O)c2nccnc2C1=O)c1nc2ccccc2[nH]1. The van der Waals surface area contributed by atoms with Crippen LogP contribution in [0.3, 0.4) is 0 Å². The zero-order valence-corrected chi connectivity index (χ0v) is 17.1. The summed E-state index contributed by atoms with van der Waals surface area (Å²) in [7, 11) is 0. The van der Waals surface area contributed by atoms with Gasteiger partial charge in [-0.3, -0.25) is 19.3 Å². The quantitative estimate of drug-likeness (QED) is 0.530. The number of benzene rings is 1. The smallest absolute Gasteiger partial charge is 0.281 e. The highest BCUT2D eigenvalue weighted by Gasteiger charge is 2.38. The van der Waals surface area contributed by atoms with E-state index < -0.39 is 11.8 Å². The largest absolute Gasteiger partial charge is 0.346 e. The molecule has 0 saturated heterocycles. The Morgan fingerprint density at radius 1 is 1.17 bits per heavy atom. The summed E-state index contributed by atoms with van der Waals surface area (Å²) in [5.74, 6) is 0.226. The van der Waals surface area contributed by atoms with Crippen molar-refractivity contribution in [3.8, 4) is 0 Å². The predicted octanol–water partition coefficient (Wildman–Crippen LogP) is 1.95. The summed E-state index contributed by atoms with van der Waals surface area (Å²) < 4.78 is 0. The Bertz CT molecular complexity index is 1050. The maximum atomic E-state index is 12.6. The Morgan fingerprint density at radius 3 is 2.53 bits per heavy atom. The molecule has 2 aromatic heterocycles. The molecule has 3 heterocycles. The van der Waals surface area contributed by atoms with Crippen molar-refractivity contribution in [2.75, 3.05) is 18.6 Å². The lowest BCUT2D eigenvalue weighted by Gasteiger charge is -2.18. The van der Waals surface area contributed by atoms with Gasteiger partial charge in [-0.2, -0.15) is 11.8 Å². The molecule has 3 amide bonds. The van der Waals surface area contributed by atoms with Gasteiger partial charge in [0.05, 0.1) is 17.1 Å². The van der Waals surface area contributed by atoms with E-state index in [0.717, 1.165) is 21.7 Å². The highest BCUT2D eigenvalue weighted by Crippen LogP contribution is 2.21. The van der Waals surface area contributed by atoms with E-state index in [1.165, 1.54) is 12.4 Å². The maximum absolute atomic E-state index is 12.6. The number of imidazole rings is 1. The number of aromatic nitrogens is 4. The van der Waals surface area contributed by atoms with Crippen LogP contribution in [-0.4, -0.2) is 61.1 Å². The average molecular weight is 424 g/mol. The number of nitrogens with one attached hydrogen (secondary N) is 2. The van der Waals surface area contributed by atoms with Crippen molar-refractivity contribution in [1.29, 1.82) is 0 Å². The fourth-order valence-electron chi connectivity index (χ4n) is 3.33. The molecule has 0 aliphatic carbocycles. The van der Waals surface area contributed by atoms with E-state index in [0.29, 0.717) is 12.2 Å². The molecule has 30 heavy (non-hydrogen) atoms. The van der Waals surface area contributed by atoms with Crippen molar-refractivity contribution in [3.05, 3.63) is 53.9 Å². The van der Waals surface area contributed by atoms with Gasteiger partial charge in [-0.1, -0.05) is 12.1 Å². The van der Waals surface area contributed by atoms with Crippen LogP contribution in [0.4, 0.5) is 0 Å². The molecule has 1 atom stereocenters. The number of aromatic amines is 1. The standard InChI is InChI=1S/C20H20N6O3S/c1-30-11-7-14(18-24-12-4-2-3-5-13(12)25-18)23-15(27)6-10-26-19(28)16-17(20(26)29)22-9-8-21-16/h2-5,8-9,14H,6-7,10-11H2,1H3,(H,23,27)(H,24,25). The third-order valence-electron chi connectivity index (χ3n) is 4.84. The van der Waals surface area contributed by atoms with E-state index in [2.05, 4.69) is 25.3 Å².